The summed E-state index contributed by atoms with van der Waals surface area (Å²) in [5.74, 6) is -0.240. The van der Waals surface area contributed by atoms with Gasteiger partial charge in [0.25, 0.3) is 0 Å². The van der Waals surface area contributed by atoms with Crippen LogP contribution in [-0.4, -0.2) is 43.4 Å². The zero-order valence-corrected chi connectivity index (χ0v) is 17.0. The van der Waals surface area contributed by atoms with Crippen LogP contribution >= 0.6 is 0 Å². The predicted molar refractivity (Wildman–Crippen MR) is 110 cm³/mol. The van der Waals surface area contributed by atoms with Gasteiger partial charge in [-0.25, -0.2) is 5.43 Å². The Labute approximate surface area is 163 Å². The van der Waals surface area contributed by atoms with Gasteiger partial charge in [0.15, 0.2) is 0 Å². The van der Waals surface area contributed by atoms with E-state index >= 15 is 0 Å². The highest BCUT2D eigenvalue weighted by molar-refractivity contribution is 5.69. The fraction of sp³-hybridized carbons (Fsp3) is 0.476. The fourth-order valence-electron chi connectivity index (χ4n) is 2.34. The molecular weight excluding hydrogens is 342 g/mol. The molecule has 1 aromatic carbocycles. The molecule has 3 N–H and O–H groups in total. The van der Waals surface area contributed by atoms with Crippen LogP contribution in [0.25, 0.3) is 5.70 Å². The summed E-state index contributed by atoms with van der Waals surface area (Å²) < 4.78 is 10.8. The van der Waals surface area contributed by atoms with Gasteiger partial charge >= 0.3 is 5.97 Å². The molecule has 0 aliphatic rings. The molecule has 0 saturated heterocycles. The first-order valence-electron chi connectivity index (χ1n) is 9.16. The summed E-state index contributed by atoms with van der Waals surface area (Å²) in [4.78, 5) is 11.6. The number of nitrogens with two attached hydrogens (primary N) is 1. The van der Waals surface area contributed by atoms with E-state index in [1.165, 1.54) is 0 Å². The Morgan fingerprint density at radius 1 is 1.33 bits per heavy atom. The van der Waals surface area contributed by atoms with Crippen LogP contribution in [0.5, 0.6) is 0 Å². The Hall–Kier alpha value is -2.31. The molecule has 0 amide bonds. The van der Waals surface area contributed by atoms with E-state index in [4.69, 9.17) is 15.2 Å². The highest BCUT2D eigenvalue weighted by atomic mass is 16.6. The molecule has 0 unspecified atom stereocenters. The zero-order valence-electron chi connectivity index (χ0n) is 17.0. The Balaban J connectivity index is 2.47. The minimum absolute atomic E-state index is 0.240. The van der Waals surface area contributed by atoms with Gasteiger partial charge in [-0.1, -0.05) is 24.3 Å². The molecule has 6 nitrogen and oxygen atoms in total. The lowest BCUT2D eigenvalue weighted by atomic mass is 10.1. The maximum atomic E-state index is 11.6. The molecule has 0 atom stereocenters. The van der Waals surface area contributed by atoms with E-state index in [1.54, 1.807) is 6.08 Å². The molecule has 0 aliphatic carbocycles. The summed E-state index contributed by atoms with van der Waals surface area (Å²) in [5, 5.41) is 1.86. The molecule has 0 radical (unpaired) electrons. The van der Waals surface area contributed by atoms with Crippen LogP contribution in [0.4, 0.5) is 0 Å². The van der Waals surface area contributed by atoms with Crippen molar-refractivity contribution in [1.82, 2.24) is 10.4 Å². The van der Waals surface area contributed by atoms with E-state index in [0.717, 1.165) is 17.5 Å². The molecule has 1 rings (SSSR count). The molecule has 0 aromatic heterocycles. The lowest BCUT2D eigenvalue weighted by Crippen LogP contribution is -2.30. The zero-order chi connectivity index (χ0) is 20.3. The highest BCUT2D eigenvalue weighted by Gasteiger charge is 2.15. The fourth-order valence-corrected chi connectivity index (χ4v) is 2.34. The molecule has 150 valence electrons. The summed E-state index contributed by atoms with van der Waals surface area (Å²) in [6, 6.07) is 8.03. The van der Waals surface area contributed by atoms with Crippen molar-refractivity contribution in [3.05, 3.63) is 54.2 Å². The number of benzene rings is 1. The number of rotatable bonds is 11. The van der Waals surface area contributed by atoms with Crippen molar-refractivity contribution in [3.63, 3.8) is 0 Å². The van der Waals surface area contributed by atoms with Crippen molar-refractivity contribution in [3.8, 4) is 0 Å². The molecule has 0 aliphatic heterocycles. The number of nitrogens with zero attached hydrogens (tertiary/aromatic N) is 1. The lowest BCUT2D eigenvalue weighted by molar-refractivity contribution is -0.156. The van der Waals surface area contributed by atoms with E-state index in [1.807, 2.05) is 63.3 Å². The Morgan fingerprint density at radius 2 is 2.07 bits per heavy atom. The summed E-state index contributed by atoms with van der Waals surface area (Å²) >= 11 is 0. The van der Waals surface area contributed by atoms with E-state index in [0.29, 0.717) is 25.5 Å². The number of esters is 1. The third-order valence-corrected chi connectivity index (χ3v) is 3.57. The molecule has 1 aromatic rings. The van der Waals surface area contributed by atoms with Crippen LogP contribution in [0.2, 0.25) is 0 Å². The van der Waals surface area contributed by atoms with E-state index in [-0.39, 0.29) is 12.4 Å². The van der Waals surface area contributed by atoms with Crippen molar-refractivity contribution < 1.29 is 14.3 Å². The first-order valence-corrected chi connectivity index (χ1v) is 9.16. The maximum absolute atomic E-state index is 11.6. The van der Waals surface area contributed by atoms with Crippen molar-refractivity contribution in [2.45, 2.75) is 39.2 Å². The largest absolute Gasteiger partial charge is 0.460 e. The van der Waals surface area contributed by atoms with Crippen molar-refractivity contribution in [2.24, 2.45) is 5.73 Å². The summed E-state index contributed by atoms with van der Waals surface area (Å²) in [6.07, 6.45) is 4.65. The lowest BCUT2D eigenvalue weighted by Gasteiger charge is -2.19. The van der Waals surface area contributed by atoms with E-state index in [9.17, 15) is 4.79 Å². The van der Waals surface area contributed by atoms with Gasteiger partial charge in [-0.05, 0) is 44.4 Å². The van der Waals surface area contributed by atoms with Gasteiger partial charge in [-0.15, -0.1) is 6.58 Å². The smallest absolute Gasteiger partial charge is 0.308 e. The number of ether oxygens (including phenoxy) is 2. The van der Waals surface area contributed by atoms with Crippen LogP contribution in [-0.2, 0) is 20.7 Å². The average Bonchev–Trinajstić information content (AvgIpc) is 2.59. The third kappa shape index (κ3) is 9.82. The van der Waals surface area contributed by atoms with E-state index < -0.39 is 5.60 Å². The standard InChI is InChI=1S/C21H33N3O3/c1-6-12-24(23-5)16-19(22)18-9-7-8-17(15-18)10-13-26-14-11-20(25)27-21(2,3)4/h6-9,15-16,23H,1,10-14,22H2,2-5H3. The van der Waals surface area contributed by atoms with Gasteiger partial charge in [0.1, 0.15) is 5.60 Å². The molecule has 0 heterocycles. The molecule has 27 heavy (non-hydrogen) atoms. The highest BCUT2D eigenvalue weighted by Crippen LogP contribution is 2.13. The van der Waals surface area contributed by atoms with Gasteiger partial charge in [0, 0.05) is 13.2 Å². The minimum Gasteiger partial charge on any atom is -0.460 e. The molecule has 0 spiro atoms. The molecular formula is C21H33N3O3. The minimum atomic E-state index is -0.459. The first-order chi connectivity index (χ1) is 12.7. The van der Waals surface area contributed by atoms with Gasteiger partial charge in [0.05, 0.1) is 31.9 Å². The van der Waals surface area contributed by atoms with Gasteiger partial charge in [0.2, 0.25) is 0 Å². The third-order valence-electron chi connectivity index (χ3n) is 3.57. The normalized spacial score (nSPS) is 11.9. The van der Waals surface area contributed by atoms with E-state index in [2.05, 4.69) is 12.0 Å². The van der Waals surface area contributed by atoms with Crippen molar-refractivity contribution in [2.75, 3.05) is 26.8 Å². The number of hydrogen-bond donors (Lipinski definition) is 2. The van der Waals surface area contributed by atoms with Crippen LogP contribution < -0.4 is 11.2 Å². The molecule has 6 heteroatoms. The topological polar surface area (TPSA) is 76.8 Å². The second-order valence-electron chi connectivity index (χ2n) is 7.15. The molecule has 0 fully saturated rings. The van der Waals surface area contributed by atoms with Gasteiger partial charge < -0.3 is 20.2 Å². The van der Waals surface area contributed by atoms with Crippen LogP contribution in [0.15, 0.2) is 43.1 Å². The number of hydrazine groups is 1. The monoisotopic (exact) mass is 375 g/mol. The summed E-state index contributed by atoms with van der Waals surface area (Å²) in [5.41, 5.74) is 11.5. The van der Waals surface area contributed by atoms with Gasteiger partial charge in [-0.2, -0.15) is 0 Å². The summed E-state index contributed by atoms with van der Waals surface area (Å²) in [7, 11) is 1.83. The first kappa shape index (κ1) is 22.7. The quantitative estimate of drug-likeness (QED) is 0.268. The maximum Gasteiger partial charge on any atom is 0.308 e. The second-order valence-corrected chi connectivity index (χ2v) is 7.15. The average molecular weight is 376 g/mol. The summed E-state index contributed by atoms with van der Waals surface area (Å²) in [6.45, 7) is 10.8. The molecule has 0 saturated carbocycles. The van der Waals surface area contributed by atoms with Gasteiger partial charge in [-0.3, -0.25) is 4.79 Å². The van der Waals surface area contributed by atoms with Crippen LogP contribution in [0, 0.1) is 0 Å². The second kappa shape index (κ2) is 11.4. The Morgan fingerprint density at radius 3 is 2.70 bits per heavy atom. The SMILES string of the molecule is C=CCN(C=C(N)c1cccc(CCOCCC(=O)OC(C)(C)C)c1)NC. The number of nitrogens with one attached hydrogen (secondary N) is 1. The molecule has 0 bridgehead atoms. The Bertz CT molecular complexity index is 636. The predicted octanol–water partition coefficient (Wildman–Crippen LogP) is 2.86. The van der Waals surface area contributed by atoms with Crippen molar-refractivity contribution >= 4 is 11.7 Å². The van der Waals surface area contributed by atoms with Crippen LogP contribution in [0.1, 0.15) is 38.3 Å². The number of carbonyl (C=O) groups is 1. The number of hydrogen-bond acceptors (Lipinski definition) is 6. The van der Waals surface area contributed by atoms with Crippen molar-refractivity contribution in [1.29, 1.82) is 0 Å². The Kier molecular flexibility index (Phi) is 9.61. The van der Waals surface area contributed by atoms with Crippen LogP contribution in [0.3, 0.4) is 0 Å². The number of carbonyl (C=O) groups excluding carboxylic acids is 1.